The Kier molecular flexibility index (Phi) is 9.83. The zero-order valence-electron chi connectivity index (χ0n) is 19.5. The van der Waals surface area contributed by atoms with Crippen LogP contribution in [0, 0.1) is 5.92 Å². The quantitative estimate of drug-likeness (QED) is 0.212. The highest BCUT2D eigenvalue weighted by atomic mass is 127. The zero-order valence-corrected chi connectivity index (χ0v) is 22.5. The van der Waals surface area contributed by atoms with Gasteiger partial charge in [-0.25, -0.2) is 9.50 Å². The Labute approximate surface area is 202 Å². The molecular formula is C19H32IN6O5P. The van der Waals surface area contributed by atoms with Gasteiger partial charge < -0.3 is 17.3 Å². The van der Waals surface area contributed by atoms with Crippen molar-refractivity contribution in [3.63, 3.8) is 0 Å². The van der Waals surface area contributed by atoms with Crippen LogP contribution in [0.3, 0.4) is 0 Å². The van der Waals surface area contributed by atoms with Crippen molar-refractivity contribution < 1.29 is 23.1 Å². The van der Waals surface area contributed by atoms with Crippen molar-refractivity contribution >= 4 is 53.8 Å². The number of amides is 1. The maximum atomic E-state index is 13.0. The number of carbonyl (C=O) groups is 1. The van der Waals surface area contributed by atoms with Crippen molar-refractivity contribution in [3.05, 3.63) is 11.9 Å². The topological polar surface area (TPSA) is 129 Å². The average Bonchev–Trinajstić information content (AvgIpc) is 3.07. The molecule has 32 heavy (non-hydrogen) atoms. The van der Waals surface area contributed by atoms with E-state index in [4.69, 9.17) is 13.8 Å². The van der Waals surface area contributed by atoms with Gasteiger partial charge in [0.1, 0.15) is 6.35 Å². The van der Waals surface area contributed by atoms with Crippen LogP contribution in [0.1, 0.15) is 54.2 Å². The molecule has 0 saturated heterocycles. The summed E-state index contributed by atoms with van der Waals surface area (Å²) >= 11 is 1.95. The minimum absolute atomic E-state index is 0.160. The van der Waals surface area contributed by atoms with E-state index in [1.165, 1.54) is 0 Å². The average molecular weight is 582 g/mol. The fraction of sp³-hybridized carbons (Fsp3) is 0.684. The Balaban J connectivity index is 2.19. The molecule has 0 aliphatic rings. The van der Waals surface area contributed by atoms with Crippen LogP contribution in [-0.4, -0.2) is 50.1 Å². The minimum atomic E-state index is -3.40. The van der Waals surface area contributed by atoms with Crippen LogP contribution in [0.15, 0.2) is 6.20 Å². The van der Waals surface area contributed by atoms with E-state index in [1.807, 2.05) is 29.8 Å². The van der Waals surface area contributed by atoms with Crippen LogP contribution in [0.4, 0.5) is 11.8 Å². The molecule has 180 valence electrons. The third kappa shape index (κ3) is 7.62. The zero-order chi connectivity index (χ0) is 24.1. The first-order valence-electron chi connectivity index (χ1n) is 10.4. The second-order valence-corrected chi connectivity index (χ2v) is 10.7. The molecule has 0 aliphatic carbocycles. The molecule has 2 rings (SSSR count). The second-order valence-electron chi connectivity index (χ2n) is 8.24. The standard InChI is InChI=1S/C19H32IN6O5P/c1-11(2)18(27)23-19-22-16(24-20)17-21-9-15(26(17)25-19)8-14(7)29-10-32(28,30-12(3)4)31-13(5)6/h9,11-14H,8,10H2,1-7H3,(H2,22,23,24,25,27). The van der Waals surface area contributed by atoms with Gasteiger partial charge in [-0.3, -0.25) is 14.7 Å². The van der Waals surface area contributed by atoms with Crippen molar-refractivity contribution in [2.45, 2.75) is 73.2 Å². The first-order chi connectivity index (χ1) is 14.9. The van der Waals surface area contributed by atoms with E-state index in [-0.39, 0.29) is 42.4 Å². The van der Waals surface area contributed by atoms with Crippen molar-refractivity contribution in [2.75, 3.05) is 15.2 Å². The summed E-state index contributed by atoms with van der Waals surface area (Å²) in [6, 6.07) is 0. The molecule has 0 radical (unpaired) electrons. The third-order valence-electron chi connectivity index (χ3n) is 4.04. The summed E-state index contributed by atoms with van der Waals surface area (Å²) in [6.07, 6.45) is 1.10. The van der Waals surface area contributed by atoms with E-state index in [2.05, 4.69) is 23.9 Å². The number of anilines is 2. The lowest BCUT2D eigenvalue weighted by molar-refractivity contribution is -0.118. The Morgan fingerprint density at radius 3 is 2.31 bits per heavy atom. The van der Waals surface area contributed by atoms with Gasteiger partial charge in [0, 0.05) is 12.3 Å². The van der Waals surface area contributed by atoms with Crippen LogP contribution >= 0.6 is 30.5 Å². The van der Waals surface area contributed by atoms with Crippen molar-refractivity contribution in [1.29, 1.82) is 0 Å². The Morgan fingerprint density at radius 1 is 1.16 bits per heavy atom. The van der Waals surface area contributed by atoms with Crippen LogP contribution in [0.25, 0.3) is 5.65 Å². The minimum Gasteiger partial charge on any atom is -0.365 e. The molecule has 1 amide bonds. The summed E-state index contributed by atoms with van der Waals surface area (Å²) in [4.78, 5) is 20.8. The van der Waals surface area contributed by atoms with Gasteiger partial charge in [-0.15, -0.1) is 5.10 Å². The number of rotatable bonds is 12. The molecule has 0 aromatic carbocycles. The summed E-state index contributed by atoms with van der Waals surface area (Å²) in [5, 5.41) is 7.12. The van der Waals surface area contributed by atoms with Crippen LogP contribution in [0.2, 0.25) is 0 Å². The lowest BCUT2D eigenvalue weighted by atomic mass is 10.2. The molecule has 2 aromatic heterocycles. The van der Waals surface area contributed by atoms with E-state index in [1.54, 1.807) is 52.3 Å². The first-order valence-corrected chi connectivity index (χ1v) is 13.2. The molecule has 0 fully saturated rings. The first kappa shape index (κ1) is 26.9. The van der Waals surface area contributed by atoms with E-state index >= 15 is 0 Å². The summed E-state index contributed by atoms with van der Waals surface area (Å²) < 4.78 is 34.4. The lowest BCUT2D eigenvalue weighted by Gasteiger charge is -2.24. The summed E-state index contributed by atoms with van der Waals surface area (Å²) in [5.74, 6) is 0.244. The molecule has 1 unspecified atom stereocenters. The predicted octanol–water partition coefficient (Wildman–Crippen LogP) is 4.43. The van der Waals surface area contributed by atoms with Gasteiger partial charge >= 0.3 is 7.60 Å². The van der Waals surface area contributed by atoms with Crippen molar-refractivity contribution in [3.8, 4) is 0 Å². The van der Waals surface area contributed by atoms with Gasteiger partial charge in [0.05, 0.1) is 53.1 Å². The molecule has 0 spiro atoms. The molecule has 1 atom stereocenters. The fourth-order valence-electron chi connectivity index (χ4n) is 2.74. The second kappa shape index (κ2) is 11.7. The Morgan fingerprint density at radius 2 is 1.78 bits per heavy atom. The molecule has 2 N–H and O–H groups in total. The summed E-state index contributed by atoms with van der Waals surface area (Å²) in [6.45, 7) is 12.6. The van der Waals surface area contributed by atoms with E-state index in [0.29, 0.717) is 17.9 Å². The van der Waals surface area contributed by atoms with Gasteiger partial charge in [-0.05, 0) is 34.6 Å². The Bertz CT molecular complexity index is 953. The highest BCUT2D eigenvalue weighted by Gasteiger charge is 2.29. The molecule has 2 aromatic rings. The Hall–Kier alpha value is -1.34. The number of fused-ring (bicyclic) bond motifs is 1. The molecule has 11 nitrogen and oxygen atoms in total. The van der Waals surface area contributed by atoms with Gasteiger partial charge in [-0.2, -0.15) is 4.98 Å². The van der Waals surface area contributed by atoms with Gasteiger partial charge in [0.2, 0.25) is 11.9 Å². The number of ether oxygens (including phenoxy) is 1. The largest absolute Gasteiger partial charge is 0.365 e. The normalized spacial score (nSPS) is 13.3. The number of hydrogen-bond acceptors (Lipinski definition) is 9. The maximum Gasteiger partial charge on any atom is 0.356 e. The molecular weight excluding hydrogens is 550 g/mol. The number of aromatic nitrogens is 4. The summed E-state index contributed by atoms with van der Waals surface area (Å²) in [5.41, 5.74) is 1.26. The highest BCUT2D eigenvalue weighted by Crippen LogP contribution is 2.50. The molecule has 2 heterocycles. The highest BCUT2D eigenvalue weighted by molar-refractivity contribution is 14.1. The number of halogens is 1. The smallest absolute Gasteiger partial charge is 0.356 e. The van der Waals surface area contributed by atoms with Crippen LogP contribution in [0.5, 0.6) is 0 Å². The van der Waals surface area contributed by atoms with E-state index < -0.39 is 7.60 Å². The van der Waals surface area contributed by atoms with Gasteiger partial charge in [0.25, 0.3) is 0 Å². The molecule has 13 heteroatoms. The number of hydrogen-bond donors (Lipinski definition) is 2. The monoisotopic (exact) mass is 582 g/mol. The van der Waals surface area contributed by atoms with E-state index in [9.17, 15) is 9.36 Å². The third-order valence-corrected chi connectivity index (χ3v) is 6.50. The van der Waals surface area contributed by atoms with Gasteiger partial charge in [-0.1, -0.05) is 13.8 Å². The predicted molar refractivity (Wildman–Crippen MR) is 131 cm³/mol. The van der Waals surface area contributed by atoms with E-state index in [0.717, 1.165) is 5.69 Å². The lowest BCUT2D eigenvalue weighted by Crippen LogP contribution is -2.21. The molecule has 0 saturated carbocycles. The SMILES string of the molecule is CC(C)OP(=O)(COC(C)Cc1cnc2c(NI)nc(NC(=O)C(C)C)nn12)OC(C)C. The van der Waals surface area contributed by atoms with Gasteiger partial charge in [0.15, 0.2) is 11.5 Å². The van der Waals surface area contributed by atoms with Crippen molar-refractivity contribution in [1.82, 2.24) is 19.6 Å². The number of carbonyl (C=O) groups excluding carboxylic acids is 1. The van der Waals surface area contributed by atoms with Crippen LogP contribution in [-0.2, 0) is 29.6 Å². The van der Waals surface area contributed by atoms with Crippen molar-refractivity contribution in [2.24, 2.45) is 5.92 Å². The maximum absolute atomic E-state index is 13.0. The fourth-order valence-corrected chi connectivity index (χ4v) is 4.99. The molecule has 0 aliphatic heterocycles. The number of nitrogens with zero attached hydrogens (tertiary/aromatic N) is 4. The number of imidazole rings is 1. The number of nitrogens with one attached hydrogen (secondary N) is 2. The summed E-state index contributed by atoms with van der Waals surface area (Å²) in [7, 11) is -3.40. The van der Waals surface area contributed by atoms with Crippen LogP contribution < -0.4 is 8.85 Å². The molecule has 0 bridgehead atoms.